The van der Waals surface area contributed by atoms with Gasteiger partial charge in [0.25, 0.3) is 0 Å². The van der Waals surface area contributed by atoms with Crippen molar-refractivity contribution < 1.29 is 55.7 Å². The largest absolute Gasteiger partial charge is 2.00 e. The molecule has 0 nitrogen and oxygen atoms in total. The Balaban J connectivity index is 0.000000327. The molecule has 6 rings (SSSR count). The molecule has 219 valence electrons. The zero-order valence-electron chi connectivity index (χ0n) is 26.7. The van der Waals surface area contributed by atoms with Gasteiger partial charge in [0.15, 0.2) is 0 Å². The van der Waals surface area contributed by atoms with Crippen LogP contribution in [0.15, 0.2) is 109 Å². The van der Waals surface area contributed by atoms with Crippen LogP contribution in [0.3, 0.4) is 0 Å². The maximum atomic E-state index is 3.36. The third-order valence-corrected chi connectivity index (χ3v) is 7.27. The number of hydrogen-bond donors (Lipinski definition) is 0. The van der Waals surface area contributed by atoms with E-state index in [0.29, 0.717) is 0 Å². The summed E-state index contributed by atoms with van der Waals surface area (Å²) in [6.07, 6.45) is 0. The van der Waals surface area contributed by atoms with Gasteiger partial charge in [-0.1, -0.05) is 41.5 Å². The molecule has 0 N–H and O–H groups in total. The molecule has 0 fully saturated rings. The van der Waals surface area contributed by atoms with Crippen molar-refractivity contribution >= 4 is 0 Å². The van der Waals surface area contributed by atoms with Gasteiger partial charge in [-0.25, -0.2) is 33.4 Å². The zero-order chi connectivity index (χ0) is 29.9. The van der Waals surface area contributed by atoms with Crippen molar-refractivity contribution in [2.75, 3.05) is 0 Å². The van der Waals surface area contributed by atoms with Crippen molar-refractivity contribution in [1.82, 2.24) is 0 Å². The van der Waals surface area contributed by atoms with Crippen LogP contribution in [0.4, 0.5) is 0 Å². The predicted octanol–water partition coefficient (Wildman–Crippen LogP) is 10.7. The van der Waals surface area contributed by atoms with Crippen molar-refractivity contribution in [3.63, 3.8) is 0 Å². The molecule has 0 saturated heterocycles. The minimum absolute atomic E-state index is 0. The van der Waals surface area contributed by atoms with Crippen LogP contribution in [0, 0.1) is 77.9 Å². The van der Waals surface area contributed by atoms with E-state index in [1.165, 1.54) is 33.4 Å². The summed E-state index contributed by atoms with van der Waals surface area (Å²) in [6, 6.07) is 56.0. The molecule has 0 saturated carbocycles. The quantitative estimate of drug-likeness (QED) is 0.162. The molecular formula is C42H36V3. The summed E-state index contributed by atoms with van der Waals surface area (Å²) in [5, 5.41) is 0. The second-order valence-electron chi connectivity index (χ2n) is 10.4. The van der Waals surface area contributed by atoms with Crippen molar-refractivity contribution in [3.8, 4) is 33.4 Å². The molecule has 0 aliphatic rings. The summed E-state index contributed by atoms with van der Waals surface area (Å²) in [6.45, 7) is 12.6. The monoisotopic (exact) mass is 693 g/mol. The maximum absolute atomic E-state index is 3.36. The van der Waals surface area contributed by atoms with Gasteiger partial charge in [-0.05, 0) is 0 Å². The van der Waals surface area contributed by atoms with Crippen LogP contribution >= 0.6 is 0 Å². The third-order valence-electron chi connectivity index (χ3n) is 7.27. The molecule has 0 bridgehead atoms. The molecule has 0 unspecified atom stereocenters. The fraction of sp³-hybridized carbons (Fsp3) is 0.143. The van der Waals surface area contributed by atoms with Gasteiger partial charge in [-0.2, -0.15) is 127 Å². The first-order valence-corrected chi connectivity index (χ1v) is 14.2. The van der Waals surface area contributed by atoms with E-state index in [9.17, 15) is 0 Å². The standard InChI is InChI=1S/3C14H12.3V/c3*1-11-8-9-14(10-12(11)2)13-6-4-3-5-7-13;;;/h2*3-6,8,10H,1-2H3;3-6,8-9H,1-2H3;;;/q3*-2;3*+2. The zero-order valence-corrected chi connectivity index (χ0v) is 30.9. The number of hydrogen-bond acceptors (Lipinski definition) is 0. The molecule has 6 aromatic rings. The fourth-order valence-corrected chi connectivity index (χ4v) is 4.17. The second-order valence-corrected chi connectivity index (χ2v) is 10.4. The van der Waals surface area contributed by atoms with Crippen molar-refractivity contribution in [2.24, 2.45) is 0 Å². The summed E-state index contributed by atoms with van der Waals surface area (Å²) in [5.74, 6) is 0. The summed E-state index contributed by atoms with van der Waals surface area (Å²) in [4.78, 5) is 0. The minimum Gasteiger partial charge on any atom is -0.226 e. The van der Waals surface area contributed by atoms with Gasteiger partial charge in [0.2, 0.25) is 0 Å². The Labute approximate surface area is 307 Å². The number of rotatable bonds is 3. The molecule has 0 amide bonds. The molecular weight excluding hydrogens is 657 g/mol. The van der Waals surface area contributed by atoms with Gasteiger partial charge < -0.3 is 0 Å². The van der Waals surface area contributed by atoms with E-state index < -0.39 is 0 Å². The van der Waals surface area contributed by atoms with Crippen LogP contribution in [-0.2, 0) is 55.7 Å². The van der Waals surface area contributed by atoms with Crippen LogP contribution in [-0.4, -0.2) is 0 Å². The van der Waals surface area contributed by atoms with Crippen LogP contribution in [0.1, 0.15) is 33.4 Å². The Morgan fingerprint density at radius 3 is 1.09 bits per heavy atom. The van der Waals surface area contributed by atoms with E-state index in [1.54, 1.807) is 0 Å². The molecule has 0 atom stereocenters. The summed E-state index contributed by atoms with van der Waals surface area (Å²) < 4.78 is 0. The summed E-state index contributed by atoms with van der Waals surface area (Å²) in [5.41, 5.74) is 14.3. The Hall–Kier alpha value is -2.93. The maximum Gasteiger partial charge on any atom is 2.00 e. The van der Waals surface area contributed by atoms with Gasteiger partial charge in [0.1, 0.15) is 0 Å². The van der Waals surface area contributed by atoms with Crippen LogP contribution in [0.2, 0.25) is 0 Å². The predicted molar refractivity (Wildman–Crippen MR) is 177 cm³/mol. The fourth-order valence-electron chi connectivity index (χ4n) is 4.17. The normalized spacial score (nSPS) is 9.47. The van der Waals surface area contributed by atoms with Gasteiger partial charge in [-0.15, -0.1) is 51.6 Å². The number of benzene rings is 6. The smallest absolute Gasteiger partial charge is 0.226 e. The molecule has 0 spiro atoms. The number of aryl methyl sites for hydroxylation is 6. The minimum atomic E-state index is 0. The van der Waals surface area contributed by atoms with Crippen LogP contribution in [0.25, 0.3) is 33.4 Å². The van der Waals surface area contributed by atoms with Gasteiger partial charge in [0.05, 0.1) is 0 Å². The van der Waals surface area contributed by atoms with E-state index in [4.69, 9.17) is 0 Å². The van der Waals surface area contributed by atoms with E-state index in [2.05, 4.69) is 120 Å². The van der Waals surface area contributed by atoms with Crippen molar-refractivity contribution in [2.45, 2.75) is 41.5 Å². The van der Waals surface area contributed by atoms with Gasteiger partial charge in [-0.3, -0.25) is 0 Å². The summed E-state index contributed by atoms with van der Waals surface area (Å²) >= 11 is 0. The van der Waals surface area contributed by atoms with E-state index in [-0.39, 0.29) is 55.7 Å². The Kier molecular flexibility index (Phi) is 18.0. The molecule has 0 aliphatic carbocycles. The molecule has 3 radical (unpaired) electrons. The van der Waals surface area contributed by atoms with E-state index in [0.717, 1.165) is 33.4 Å². The van der Waals surface area contributed by atoms with Gasteiger partial charge >= 0.3 is 55.7 Å². The SMILES string of the molecule is Cc1[c-]c(-c2[c-]cccc2)ccc1C.Cc1c[c-]c(-c2[c-]cccc2)cc1C.Cc1c[c-]c(-c2[c-]cccc2)cc1C.[V+2].[V+2].[V+2]. The molecule has 0 aromatic heterocycles. The van der Waals surface area contributed by atoms with E-state index >= 15 is 0 Å². The molecule has 6 aromatic carbocycles. The average Bonchev–Trinajstić information content (AvgIpc) is 3.03. The average molecular weight is 694 g/mol. The summed E-state index contributed by atoms with van der Waals surface area (Å²) in [7, 11) is 0. The first-order chi connectivity index (χ1) is 20.3. The molecule has 45 heavy (non-hydrogen) atoms. The van der Waals surface area contributed by atoms with Crippen LogP contribution in [0.5, 0.6) is 0 Å². The Morgan fingerprint density at radius 1 is 0.356 bits per heavy atom. The Morgan fingerprint density at radius 2 is 0.756 bits per heavy atom. The Bertz CT molecular complexity index is 1500. The van der Waals surface area contributed by atoms with Gasteiger partial charge in [0, 0.05) is 0 Å². The second kappa shape index (κ2) is 20.2. The van der Waals surface area contributed by atoms with E-state index in [1.807, 2.05) is 66.7 Å². The first-order valence-electron chi connectivity index (χ1n) is 14.2. The topological polar surface area (TPSA) is 0 Å². The van der Waals surface area contributed by atoms with Crippen molar-refractivity contribution in [3.05, 3.63) is 179 Å². The molecule has 0 aliphatic heterocycles. The molecule has 3 heteroatoms. The molecule has 0 heterocycles. The van der Waals surface area contributed by atoms with Crippen molar-refractivity contribution in [1.29, 1.82) is 0 Å². The third kappa shape index (κ3) is 12.1. The van der Waals surface area contributed by atoms with Crippen LogP contribution < -0.4 is 0 Å². The first kappa shape index (κ1) is 40.1.